The Kier molecular flexibility index (Phi) is 3.39. The number of nitro groups is 1. The molecule has 0 saturated heterocycles. The van der Waals surface area contributed by atoms with Crippen molar-refractivity contribution in [3.05, 3.63) is 39.9 Å². The minimum Gasteiger partial charge on any atom is -0.261 e. The maximum Gasteiger partial charge on any atom is 0.345 e. The fourth-order valence-electron chi connectivity index (χ4n) is 1.22. The Morgan fingerprint density at radius 3 is 2.19 bits per heavy atom. The second-order valence-corrected chi connectivity index (χ2v) is 4.11. The number of hydrogen-bond donors (Lipinski definition) is 0. The van der Waals surface area contributed by atoms with Gasteiger partial charge in [-0.2, -0.15) is 0 Å². The summed E-state index contributed by atoms with van der Waals surface area (Å²) in [7, 11) is 3.62. The molecule has 0 atom stereocenters. The fraction of sp³-hybridized carbons (Fsp3) is 0.364. The van der Waals surface area contributed by atoms with E-state index in [1.165, 1.54) is 24.3 Å². The van der Waals surface area contributed by atoms with Crippen LogP contribution in [0.1, 0.15) is 17.3 Å². The highest BCUT2D eigenvalue weighted by Crippen LogP contribution is 2.15. The number of benzene rings is 1. The van der Waals surface area contributed by atoms with E-state index < -0.39 is 4.92 Å². The first kappa shape index (κ1) is 12.3. The third-order valence-electron chi connectivity index (χ3n) is 2.67. The highest BCUT2D eigenvalue weighted by Gasteiger charge is 2.26. The lowest BCUT2D eigenvalue weighted by atomic mass is 10.1. The zero-order valence-corrected chi connectivity index (χ0v) is 9.64. The van der Waals surface area contributed by atoms with Crippen molar-refractivity contribution in [2.75, 3.05) is 20.6 Å². The molecule has 1 amide bonds. The van der Waals surface area contributed by atoms with Gasteiger partial charge in [0.2, 0.25) is 0 Å². The summed E-state index contributed by atoms with van der Waals surface area (Å²) in [6.45, 7) is 2.60. The Hall–Kier alpha value is -1.75. The van der Waals surface area contributed by atoms with E-state index in [2.05, 4.69) is 0 Å². The number of amides is 1. The molecule has 16 heavy (non-hydrogen) atoms. The van der Waals surface area contributed by atoms with Crippen LogP contribution < -0.4 is 0 Å². The number of nitrogens with zero attached hydrogens (tertiary/aromatic N) is 2. The minimum atomic E-state index is -0.478. The van der Waals surface area contributed by atoms with E-state index in [9.17, 15) is 14.9 Å². The molecule has 0 aliphatic rings. The lowest BCUT2D eigenvalue weighted by Gasteiger charge is -2.24. The van der Waals surface area contributed by atoms with Crippen LogP contribution in [0.15, 0.2) is 24.3 Å². The molecule has 1 rings (SSSR count). The summed E-state index contributed by atoms with van der Waals surface area (Å²) in [5.74, 6) is -0.0441. The number of nitro benzene ring substituents is 1. The zero-order valence-electron chi connectivity index (χ0n) is 9.64. The van der Waals surface area contributed by atoms with Gasteiger partial charge in [-0.1, -0.05) is 0 Å². The van der Waals surface area contributed by atoms with Gasteiger partial charge in [0.1, 0.15) is 0 Å². The average molecular weight is 223 g/mol. The molecule has 0 fully saturated rings. The van der Waals surface area contributed by atoms with Gasteiger partial charge in [-0.3, -0.25) is 14.6 Å². The smallest absolute Gasteiger partial charge is 0.261 e. The molecule has 0 aromatic heterocycles. The van der Waals surface area contributed by atoms with Crippen molar-refractivity contribution in [1.82, 2.24) is 0 Å². The summed E-state index contributed by atoms with van der Waals surface area (Å²) in [6.07, 6.45) is 0. The van der Waals surface area contributed by atoms with Crippen molar-refractivity contribution >= 4 is 11.6 Å². The van der Waals surface area contributed by atoms with Crippen molar-refractivity contribution in [3.8, 4) is 0 Å². The van der Waals surface area contributed by atoms with Crippen molar-refractivity contribution in [2.45, 2.75) is 6.92 Å². The highest BCUT2D eigenvalue weighted by atomic mass is 16.6. The monoisotopic (exact) mass is 223 g/mol. The summed E-state index contributed by atoms with van der Waals surface area (Å²) >= 11 is 0. The van der Waals surface area contributed by atoms with Crippen LogP contribution in [0.4, 0.5) is 5.69 Å². The molecule has 0 heterocycles. The second kappa shape index (κ2) is 4.40. The molecule has 1 aromatic carbocycles. The molecule has 0 saturated carbocycles. The number of carbonyl (C=O) groups is 1. The first-order valence-electron chi connectivity index (χ1n) is 5.01. The molecule has 0 aliphatic heterocycles. The van der Waals surface area contributed by atoms with Gasteiger partial charge in [0.05, 0.1) is 31.1 Å². The summed E-state index contributed by atoms with van der Waals surface area (Å²) in [4.78, 5) is 22.0. The lowest BCUT2D eigenvalue weighted by molar-refractivity contribution is -0.805. The SMILES string of the molecule is CC[N+](C)(C)C(=O)c1ccc([N+](=O)[O-])cc1. The maximum atomic E-state index is 12.0. The minimum absolute atomic E-state index is 0.00152. The van der Waals surface area contributed by atoms with Gasteiger partial charge in [0, 0.05) is 12.1 Å². The molecule has 0 spiro atoms. The van der Waals surface area contributed by atoms with Crippen molar-refractivity contribution in [3.63, 3.8) is 0 Å². The van der Waals surface area contributed by atoms with E-state index in [4.69, 9.17) is 0 Å². The van der Waals surface area contributed by atoms with Crippen LogP contribution in [0, 0.1) is 10.1 Å². The van der Waals surface area contributed by atoms with Gasteiger partial charge in [-0.05, 0) is 19.1 Å². The van der Waals surface area contributed by atoms with Gasteiger partial charge in [-0.25, -0.2) is 4.79 Å². The third kappa shape index (κ3) is 2.43. The quantitative estimate of drug-likeness (QED) is 0.446. The molecule has 5 heteroatoms. The average Bonchev–Trinajstić information content (AvgIpc) is 2.28. The summed E-state index contributed by atoms with van der Waals surface area (Å²) in [5, 5.41) is 10.5. The van der Waals surface area contributed by atoms with Crippen LogP contribution in [-0.2, 0) is 0 Å². The summed E-state index contributed by atoms with van der Waals surface area (Å²) < 4.78 is 0.234. The van der Waals surface area contributed by atoms with Crippen LogP contribution in [0.2, 0.25) is 0 Å². The summed E-state index contributed by atoms with van der Waals surface area (Å²) in [6, 6.07) is 5.69. The van der Waals surface area contributed by atoms with Crippen molar-refractivity contribution in [1.29, 1.82) is 0 Å². The van der Waals surface area contributed by atoms with Crippen LogP contribution in [0.3, 0.4) is 0 Å². The van der Waals surface area contributed by atoms with Crippen LogP contribution in [0.25, 0.3) is 0 Å². The van der Waals surface area contributed by atoms with E-state index in [-0.39, 0.29) is 16.1 Å². The normalized spacial score (nSPS) is 11.2. The van der Waals surface area contributed by atoms with E-state index in [0.29, 0.717) is 12.1 Å². The standard InChI is InChI=1S/C11H15N2O3/c1-4-13(2,3)11(14)9-5-7-10(8-6-9)12(15)16/h5-8H,4H2,1-3H3/q+1. The Morgan fingerprint density at radius 1 is 1.31 bits per heavy atom. The van der Waals surface area contributed by atoms with Gasteiger partial charge in [0.25, 0.3) is 5.69 Å². The summed E-state index contributed by atoms with van der Waals surface area (Å²) in [5.41, 5.74) is 0.496. The Labute approximate surface area is 94.0 Å². The van der Waals surface area contributed by atoms with Gasteiger partial charge in [0.15, 0.2) is 0 Å². The zero-order chi connectivity index (χ0) is 12.3. The third-order valence-corrected chi connectivity index (χ3v) is 2.67. The molecule has 0 N–H and O–H groups in total. The molecule has 0 radical (unpaired) electrons. The van der Waals surface area contributed by atoms with Gasteiger partial charge < -0.3 is 0 Å². The first-order chi connectivity index (χ1) is 7.38. The maximum absolute atomic E-state index is 12.0. The van der Waals surface area contributed by atoms with E-state index >= 15 is 0 Å². The molecule has 0 aliphatic carbocycles. The first-order valence-corrected chi connectivity index (χ1v) is 5.01. The number of quaternary nitrogens is 1. The molecule has 5 nitrogen and oxygen atoms in total. The predicted octanol–water partition coefficient (Wildman–Crippen LogP) is 1.83. The molecule has 1 aromatic rings. The fourth-order valence-corrected chi connectivity index (χ4v) is 1.22. The van der Waals surface area contributed by atoms with Crippen molar-refractivity contribution in [2.24, 2.45) is 0 Å². The topological polar surface area (TPSA) is 60.2 Å². The Morgan fingerprint density at radius 2 is 1.81 bits per heavy atom. The Bertz CT molecular complexity index is 410. The predicted molar refractivity (Wildman–Crippen MR) is 60.1 cm³/mol. The molecular weight excluding hydrogens is 208 g/mol. The van der Waals surface area contributed by atoms with E-state index in [0.717, 1.165) is 0 Å². The number of hydrogen-bond acceptors (Lipinski definition) is 3. The van der Waals surface area contributed by atoms with Crippen LogP contribution >= 0.6 is 0 Å². The number of rotatable bonds is 3. The van der Waals surface area contributed by atoms with Crippen molar-refractivity contribution < 1.29 is 14.2 Å². The van der Waals surface area contributed by atoms with E-state index in [1.54, 1.807) is 0 Å². The highest BCUT2D eigenvalue weighted by molar-refractivity contribution is 5.89. The second-order valence-electron chi connectivity index (χ2n) is 4.11. The number of carbonyl (C=O) groups excluding carboxylic acids is 1. The van der Waals surface area contributed by atoms with Crippen LogP contribution in [-0.4, -0.2) is 36.0 Å². The molecule has 0 unspecified atom stereocenters. The van der Waals surface area contributed by atoms with Gasteiger partial charge in [-0.15, -0.1) is 0 Å². The van der Waals surface area contributed by atoms with Crippen LogP contribution in [0.5, 0.6) is 0 Å². The number of non-ortho nitro benzene ring substituents is 1. The largest absolute Gasteiger partial charge is 0.345 e. The Balaban J connectivity index is 2.99. The molecule has 86 valence electrons. The lowest BCUT2D eigenvalue weighted by Crippen LogP contribution is -2.45. The van der Waals surface area contributed by atoms with Gasteiger partial charge >= 0.3 is 5.91 Å². The van der Waals surface area contributed by atoms with E-state index in [1.807, 2.05) is 21.0 Å². The molecular formula is C11H15N2O3+. The molecule has 0 bridgehead atoms.